The number of fused-ring (bicyclic) bond motifs is 8. The number of hydrogen-bond donors (Lipinski definition) is 0. The molecule has 0 radical (unpaired) electrons. The number of hydrogen-bond acceptors (Lipinski definition) is 6. The van der Waals surface area contributed by atoms with Crippen LogP contribution in [0.25, 0.3) is 55.6 Å². The summed E-state index contributed by atoms with van der Waals surface area (Å²) in [7, 11) is 0. The molecule has 0 unspecified atom stereocenters. The zero-order valence-electron chi connectivity index (χ0n) is 60.1. The standard InChI is InChI=1S/C100H72B2N4OS/c1-100(2,3)76-53-47-73(48-54-76)84-41-19-22-44-89(84)106-91-66-96-88(65-87(91)102-86-43-21-24-46-94(86)107-95-63-82(61-92(106)98(95)102)103(78-55-49-71(50-56-78)67-27-9-4-10-28-67)80-39-25-35-74(59-80)69-31-13-6-14-32-69)101-85-42-20-23-45-90(85)105(77-37-17-8-18-38-77)93-62-83(64-97(108-96)99(93)101)104(79-57-51-72(52-58-79)68-29-11-5-12-30-68)81-40-26-36-75(60-81)70-33-15-7-16-34-70/h4-66H,1-3H3. The highest BCUT2D eigenvalue weighted by Crippen LogP contribution is 2.52. The van der Waals surface area contributed by atoms with E-state index in [0.29, 0.717) is 0 Å². The van der Waals surface area contributed by atoms with Gasteiger partial charge in [0, 0.05) is 78.3 Å². The molecule has 0 aliphatic carbocycles. The molecule has 4 heterocycles. The summed E-state index contributed by atoms with van der Waals surface area (Å²) in [5.74, 6) is 1.67. The maximum absolute atomic E-state index is 7.52. The van der Waals surface area contributed by atoms with Crippen molar-refractivity contribution in [3.8, 4) is 67.1 Å². The van der Waals surface area contributed by atoms with Crippen LogP contribution in [0.3, 0.4) is 0 Å². The lowest BCUT2D eigenvalue weighted by Gasteiger charge is -2.44. The molecule has 0 fully saturated rings. The minimum atomic E-state index is -0.217. The second-order valence-electron chi connectivity index (χ2n) is 29.5. The van der Waals surface area contributed by atoms with Crippen LogP contribution in [0.5, 0.6) is 11.5 Å². The van der Waals surface area contributed by atoms with E-state index < -0.39 is 0 Å². The third kappa shape index (κ3) is 11.3. The topological polar surface area (TPSA) is 22.2 Å². The molecule has 8 heteroatoms. The van der Waals surface area contributed by atoms with Crippen molar-refractivity contribution in [1.82, 2.24) is 0 Å². The van der Waals surface area contributed by atoms with E-state index in [1.165, 1.54) is 53.9 Å². The molecule has 0 bridgehead atoms. The van der Waals surface area contributed by atoms with E-state index in [1.54, 1.807) is 0 Å². The normalized spacial score (nSPS) is 12.7. The Labute approximate surface area is 637 Å². The molecule has 0 saturated heterocycles. The van der Waals surface area contributed by atoms with E-state index in [-0.39, 0.29) is 18.8 Å². The molecule has 16 aromatic rings. The highest BCUT2D eigenvalue weighted by atomic mass is 32.2. The minimum Gasteiger partial charge on any atom is -0.458 e. The minimum absolute atomic E-state index is 0.0293. The van der Waals surface area contributed by atoms with Crippen LogP contribution < -0.4 is 57.1 Å². The van der Waals surface area contributed by atoms with Gasteiger partial charge in [-0.25, -0.2) is 0 Å². The number of nitrogens with zero attached hydrogens (tertiary/aromatic N) is 4. The van der Waals surface area contributed by atoms with Gasteiger partial charge in [-0.1, -0.05) is 311 Å². The van der Waals surface area contributed by atoms with Gasteiger partial charge in [0.25, 0.3) is 6.71 Å². The Hall–Kier alpha value is -13.0. The number of para-hydroxylation sites is 4. The lowest BCUT2D eigenvalue weighted by Crippen LogP contribution is -2.63. The molecule has 4 aliphatic heterocycles. The smallest absolute Gasteiger partial charge is 0.256 e. The van der Waals surface area contributed by atoms with Crippen molar-refractivity contribution in [2.45, 2.75) is 36.0 Å². The van der Waals surface area contributed by atoms with Gasteiger partial charge in [-0.3, -0.25) is 0 Å². The third-order valence-corrected chi connectivity index (χ3v) is 23.2. The average molecular weight is 1400 g/mol. The highest BCUT2D eigenvalue weighted by molar-refractivity contribution is 8.00. The van der Waals surface area contributed by atoms with Gasteiger partial charge in [-0.2, -0.15) is 0 Å². The van der Waals surface area contributed by atoms with Gasteiger partial charge in [0.1, 0.15) is 11.5 Å². The third-order valence-electron chi connectivity index (χ3n) is 22.1. The van der Waals surface area contributed by atoms with E-state index in [4.69, 9.17) is 4.74 Å². The summed E-state index contributed by atoms with van der Waals surface area (Å²) >= 11 is 1.90. The lowest BCUT2D eigenvalue weighted by atomic mass is 9.31. The Morgan fingerprint density at radius 3 is 1.30 bits per heavy atom. The molecule has 0 N–H and O–H groups in total. The van der Waals surface area contributed by atoms with E-state index >= 15 is 0 Å². The Bertz CT molecular complexity index is 6120. The number of benzene rings is 16. The predicted octanol–water partition coefficient (Wildman–Crippen LogP) is 23.4. The summed E-state index contributed by atoms with van der Waals surface area (Å²) in [5, 5.41) is 0. The van der Waals surface area contributed by atoms with Gasteiger partial charge in [0.05, 0.1) is 11.4 Å². The first-order chi connectivity index (χ1) is 53.2. The summed E-state index contributed by atoms with van der Waals surface area (Å²) in [5.41, 5.74) is 33.0. The van der Waals surface area contributed by atoms with Crippen LogP contribution in [-0.2, 0) is 5.41 Å². The largest absolute Gasteiger partial charge is 0.458 e. The second kappa shape index (κ2) is 26.5. The molecule has 20 rings (SSSR count). The molecule has 108 heavy (non-hydrogen) atoms. The highest BCUT2D eigenvalue weighted by Gasteiger charge is 2.47. The average Bonchev–Trinajstić information content (AvgIpc) is 0.690. The Kier molecular flexibility index (Phi) is 15.9. The molecule has 0 atom stereocenters. The van der Waals surface area contributed by atoms with E-state index in [2.05, 4.69) is 423 Å². The molecular formula is C100H72B2N4OS. The second-order valence-corrected chi connectivity index (χ2v) is 30.6. The first-order valence-corrected chi connectivity index (χ1v) is 38.2. The Balaban J connectivity index is 0.836. The summed E-state index contributed by atoms with van der Waals surface area (Å²) in [4.78, 5) is 12.4. The van der Waals surface area contributed by atoms with Crippen LogP contribution >= 0.6 is 11.8 Å². The Morgan fingerprint density at radius 2 is 0.722 bits per heavy atom. The first-order valence-electron chi connectivity index (χ1n) is 37.3. The van der Waals surface area contributed by atoms with E-state index in [1.807, 2.05) is 11.8 Å². The maximum atomic E-state index is 7.52. The van der Waals surface area contributed by atoms with Gasteiger partial charge < -0.3 is 24.3 Å². The van der Waals surface area contributed by atoms with Crippen molar-refractivity contribution in [3.63, 3.8) is 0 Å². The molecule has 0 spiro atoms. The van der Waals surface area contributed by atoms with Crippen LogP contribution in [0, 0.1) is 0 Å². The summed E-state index contributed by atoms with van der Waals surface area (Å²) < 4.78 is 7.52. The van der Waals surface area contributed by atoms with Crippen molar-refractivity contribution in [3.05, 3.63) is 388 Å². The van der Waals surface area contributed by atoms with Gasteiger partial charge >= 0.3 is 0 Å². The van der Waals surface area contributed by atoms with E-state index in [0.717, 1.165) is 130 Å². The van der Waals surface area contributed by atoms with Gasteiger partial charge in [0.15, 0.2) is 0 Å². The van der Waals surface area contributed by atoms with Gasteiger partial charge in [-0.05, 0) is 191 Å². The fourth-order valence-electron chi connectivity index (χ4n) is 17.0. The van der Waals surface area contributed by atoms with Gasteiger partial charge in [-0.15, -0.1) is 0 Å². The molecule has 16 aromatic carbocycles. The molecule has 0 saturated carbocycles. The van der Waals surface area contributed by atoms with Crippen LogP contribution in [-0.4, -0.2) is 13.4 Å². The zero-order valence-corrected chi connectivity index (χ0v) is 60.9. The van der Waals surface area contributed by atoms with Crippen LogP contribution in [0.4, 0.5) is 68.2 Å². The first kappa shape index (κ1) is 64.6. The quantitative estimate of drug-likeness (QED) is 0.107. The van der Waals surface area contributed by atoms with Crippen molar-refractivity contribution < 1.29 is 4.74 Å². The molecule has 510 valence electrons. The molecule has 5 nitrogen and oxygen atoms in total. The Morgan fingerprint density at radius 1 is 0.269 bits per heavy atom. The SMILES string of the molecule is CC(C)(C)c1ccc(-c2ccccc2N2c3cc4c(cc3B3c5ccccc5Oc5cc(N(c6ccc(-c7ccccc7)cc6)c6cccc(-c7ccccc7)c6)cc2c53)B2c3ccccc3N(c3ccccc3)c3cc(N(c5ccc(-c6ccccc6)cc5)c5cccc(-c6ccccc6)c5)cc(c32)S4)cc1. The number of anilines is 12. The monoisotopic (exact) mass is 1400 g/mol. The van der Waals surface area contributed by atoms with E-state index in [9.17, 15) is 0 Å². The lowest BCUT2D eigenvalue weighted by molar-refractivity contribution is 0.487. The van der Waals surface area contributed by atoms with Crippen LogP contribution in [0.15, 0.2) is 392 Å². The van der Waals surface area contributed by atoms with Crippen molar-refractivity contribution in [2.24, 2.45) is 0 Å². The van der Waals surface area contributed by atoms with Crippen LogP contribution in [0.2, 0.25) is 0 Å². The number of ether oxygens (including phenoxy) is 1. The fraction of sp³-hybridized carbons (Fsp3) is 0.0400. The number of rotatable bonds is 13. The molecule has 0 aromatic heterocycles. The van der Waals surface area contributed by atoms with Crippen molar-refractivity contribution >= 4 is 126 Å². The predicted molar refractivity (Wildman–Crippen MR) is 457 cm³/mol. The van der Waals surface area contributed by atoms with Crippen LogP contribution in [0.1, 0.15) is 26.3 Å². The summed E-state index contributed by atoms with van der Waals surface area (Å²) in [6.45, 7) is 6.52. The summed E-state index contributed by atoms with van der Waals surface area (Å²) in [6, 6.07) is 141. The zero-order chi connectivity index (χ0) is 72.0. The maximum Gasteiger partial charge on any atom is 0.256 e. The van der Waals surface area contributed by atoms with Crippen molar-refractivity contribution in [2.75, 3.05) is 19.6 Å². The molecule has 0 amide bonds. The fourth-order valence-corrected chi connectivity index (χ4v) is 18.2. The van der Waals surface area contributed by atoms with Gasteiger partial charge in [0.2, 0.25) is 6.71 Å². The summed E-state index contributed by atoms with van der Waals surface area (Å²) in [6.07, 6.45) is 0. The molecule has 4 aliphatic rings. The molecular weight excluding hydrogens is 1330 g/mol. The van der Waals surface area contributed by atoms with Crippen molar-refractivity contribution in [1.29, 1.82) is 0 Å².